The maximum atomic E-state index is 14.0. The van der Waals surface area contributed by atoms with E-state index >= 15 is 0 Å². The number of hydrogen-bond donors (Lipinski definition) is 1. The van der Waals surface area contributed by atoms with Crippen molar-refractivity contribution in [1.29, 1.82) is 0 Å². The van der Waals surface area contributed by atoms with E-state index in [4.69, 9.17) is 23.5 Å². The van der Waals surface area contributed by atoms with Crippen LogP contribution in [0.5, 0.6) is 0 Å². The van der Waals surface area contributed by atoms with Crippen molar-refractivity contribution in [2.75, 3.05) is 77.3 Å². The zero-order valence-corrected chi connectivity index (χ0v) is 28.7. The van der Waals surface area contributed by atoms with E-state index in [1.807, 2.05) is 42.2 Å². The Morgan fingerprint density at radius 2 is 1.66 bits per heavy atom. The lowest BCUT2D eigenvalue weighted by atomic mass is 10.2. The van der Waals surface area contributed by atoms with Gasteiger partial charge < -0.3 is 38.5 Å². The number of piperazine rings is 1. The molecule has 1 aromatic carbocycles. The van der Waals surface area contributed by atoms with Crippen LogP contribution in [0.1, 0.15) is 50.5 Å². The number of nitrogens with one attached hydrogen (secondary N) is 1. The van der Waals surface area contributed by atoms with Crippen LogP contribution in [0.4, 0.5) is 10.6 Å². The van der Waals surface area contributed by atoms with Gasteiger partial charge in [0, 0.05) is 58.0 Å². The number of amides is 3. The summed E-state index contributed by atoms with van der Waals surface area (Å²) in [6.45, 7) is 8.16. The maximum absolute atomic E-state index is 14.0. The normalized spacial score (nSPS) is 17.4. The highest BCUT2D eigenvalue weighted by atomic mass is 31.2. The molecule has 0 aliphatic carbocycles. The second-order valence-electron chi connectivity index (χ2n) is 11.3. The van der Waals surface area contributed by atoms with Gasteiger partial charge in [-0.25, -0.2) is 14.8 Å². The second-order valence-corrected chi connectivity index (χ2v) is 13.4. The minimum absolute atomic E-state index is 0.0364. The first-order valence-corrected chi connectivity index (χ1v) is 18.0. The number of anilines is 1. The highest BCUT2D eigenvalue weighted by molar-refractivity contribution is 7.54. The number of hydrogen-bond acceptors (Lipinski definition) is 11. The number of carbonyl (C=O) groups excluding carboxylic acids is 3. The predicted octanol–water partition coefficient (Wildman–Crippen LogP) is 3.81. The molecule has 14 nitrogen and oxygen atoms in total. The lowest BCUT2D eigenvalue weighted by molar-refractivity contribution is -0.134. The van der Waals surface area contributed by atoms with Crippen LogP contribution in [-0.4, -0.2) is 122 Å². The van der Waals surface area contributed by atoms with Crippen LogP contribution in [0.2, 0.25) is 0 Å². The lowest BCUT2D eigenvalue weighted by Gasteiger charge is -2.36. The molecule has 2 aliphatic rings. The first-order chi connectivity index (χ1) is 22.7. The van der Waals surface area contributed by atoms with Crippen molar-refractivity contribution in [3.05, 3.63) is 42.1 Å². The van der Waals surface area contributed by atoms with Crippen molar-refractivity contribution in [3.63, 3.8) is 0 Å². The molecule has 0 bridgehead atoms. The van der Waals surface area contributed by atoms with Gasteiger partial charge in [0.2, 0.25) is 5.91 Å². The molecule has 2 aromatic rings. The Kier molecular flexibility index (Phi) is 13.5. The van der Waals surface area contributed by atoms with E-state index in [1.165, 1.54) is 0 Å². The number of rotatable bonds is 15. The van der Waals surface area contributed by atoms with Crippen LogP contribution in [0, 0.1) is 0 Å². The van der Waals surface area contributed by atoms with Gasteiger partial charge in [-0.2, -0.15) is 0 Å². The molecule has 47 heavy (non-hydrogen) atoms. The molecule has 15 heteroatoms. The summed E-state index contributed by atoms with van der Waals surface area (Å²) in [5.41, 5.74) is 0.775. The van der Waals surface area contributed by atoms with Crippen LogP contribution < -0.4 is 10.2 Å². The van der Waals surface area contributed by atoms with Gasteiger partial charge in [0.1, 0.15) is 17.6 Å². The summed E-state index contributed by atoms with van der Waals surface area (Å²) in [6, 6.07) is 9.65. The first kappa shape index (κ1) is 36.3. The summed E-state index contributed by atoms with van der Waals surface area (Å²) in [5, 5.41) is 2.79. The number of methoxy groups -OCH3 is 1. The molecule has 0 saturated carbocycles. The van der Waals surface area contributed by atoms with Crippen molar-refractivity contribution in [2.45, 2.75) is 52.2 Å². The van der Waals surface area contributed by atoms with Gasteiger partial charge in [-0.15, -0.1) is 0 Å². The third-order valence-electron chi connectivity index (χ3n) is 8.01. The van der Waals surface area contributed by atoms with Crippen LogP contribution in [-0.2, 0) is 27.9 Å². The Morgan fingerprint density at radius 1 is 0.979 bits per heavy atom. The first-order valence-electron chi connectivity index (χ1n) is 16.3. The van der Waals surface area contributed by atoms with Crippen LogP contribution >= 0.6 is 7.60 Å². The average molecular weight is 675 g/mol. The number of nitrogens with zero attached hydrogens (tertiary/aromatic N) is 5. The highest BCUT2D eigenvalue weighted by Crippen LogP contribution is 2.48. The SMILES string of the molecule is CCCCOC(=O)N1CCN(C(=O)C(CP(=O)(OCC)OCC)NC(=O)c2cc(N3CCC(OC)C3)nc(-c3ccccc3)n2)CC1. The highest BCUT2D eigenvalue weighted by Gasteiger charge is 2.38. The van der Waals surface area contributed by atoms with E-state index in [0.29, 0.717) is 31.3 Å². The van der Waals surface area contributed by atoms with Gasteiger partial charge in [-0.3, -0.25) is 14.2 Å². The van der Waals surface area contributed by atoms with Gasteiger partial charge in [-0.05, 0) is 26.7 Å². The molecule has 4 rings (SSSR count). The van der Waals surface area contributed by atoms with Crippen LogP contribution in [0.25, 0.3) is 11.4 Å². The second kappa shape index (κ2) is 17.5. The lowest BCUT2D eigenvalue weighted by Crippen LogP contribution is -2.57. The largest absolute Gasteiger partial charge is 0.449 e. The number of benzene rings is 1. The quantitative estimate of drug-likeness (QED) is 0.217. The van der Waals surface area contributed by atoms with E-state index in [1.54, 1.807) is 36.8 Å². The molecular weight excluding hydrogens is 627 g/mol. The van der Waals surface area contributed by atoms with Crippen molar-refractivity contribution in [1.82, 2.24) is 25.1 Å². The average Bonchev–Trinajstić information content (AvgIpc) is 3.58. The number of carbonyl (C=O) groups is 3. The van der Waals surface area contributed by atoms with E-state index in [2.05, 4.69) is 10.3 Å². The van der Waals surface area contributed by atoms with E-state index in [9.17, 15) is 18.9 Å². The van der Waals surface area contributed by atoms with Gasteiger partial charge in [0.05, 0.1) is 32.1 Å². The number of aromatic nitrogens is 2. The summed E-state index contributed by atoms with van der Waals surface area (Å²) < 4.78 is 35.5. The van der Waals surface area contributed by atoms with Crippen molar-refractivity contribution >= 4 is 31.3 Å². The molecule has 0 radical (unpaired) electrons. The third-order valence-corrected chi connectivity index (χ3v) is 10.1. The summed E-state index contributed by atoms with van der Waals surface area (Å²) in [7, 11) is -2.10. The topological polar surface area (TPSA) is 153 Å². The monoisotopic (exact) mass is 674 g/mol. The van der Waals surface area contributed by atoms with E-state index in [0.717, 1.165) is 24.8 Å². The Labute approximate surface area is 276 Å². The van der Waals surface area contributed by atoms with Crippen molar-refractivity contribution in [3.8, 4) is 11.4 Å². The van der Waals surface area contributed by atoms with Crippen molar-refractivity contribution < 1.29 is 37.5 Å². The molecular formula is C32H47N6O8P. The Bertz CT molecular complexity index is 1380. The van der Waals surface area contributed by atoms with E-state index < -0.39 is 31.5 Å². The van der Waals surface area contributed by atoms with Crippen LogP contribution in [0.15, 0.2) is 36.4 Å². The maximum Gasteiger partial charge on any atom is 0.409 e. The Balaban J connectivity index is 1.58. The molecule has 1 N–H and O–H groups in total. The molecule has 3 amide bonds. The molecule has 2 fully saturated rings. The summed E-state index contributed by atoms with van der Waals surface area (Å²) >= 11 is 0. The van der Waals surface area contributed by atoms with Gasteiger partial charge in [-0.1, -0.05) is 43.7 Å². The minimum Gasteiger partial charge on any atom is -0.449 e. The summed E-state index contributed by atoms with van der Waals surface area (Å²) in [4.78, 5) is 54.8. The molecule has 0 spiro atoms. The van der Waals surface area contributed by atoms with Gasteiger partial charge >= 0.3 is 13.7 Å². The Hall–Kier alpha value is -3.58. The fraction of sp³-hybridized carbons (Fsp3) is 0.594. The number of unbranched alkanes of at least 4 members (excludes halogenated alkanes) is 1. The minimum atomic E-state index is -3.77. The predicted molar refractivity (Wildman–Crippen MR) is 176 cm³/mol. The third kappa shape index (κ3) is 9.96. The van der Waals surface area contributed by atoms with E-state index in [-0.39, 0.29) is 57.4 Å². The molecule has 2 aliphatic heterocycles. The standard InChI is InChI=1S/C32H47N6O8P/c1-5-8-20-44-32(41)37-18-16-36(17-19-37)31(40)27(23-47(42,45-6-2)46-7-3)34-30(39)26-21-28(38-15-14-25(22-38)43-4)35-29(33-26)24-12-10-9-11-13-24/h9-13,21,25,27H,5-8,14-20,22-23H2,1-4H3,(H,34,39). The molecule has 1 aromatic heterocycles. The smallest absolute Gasteiger partial charge is 0.409 e. The molecule has 3 heterocycles. The zero-order chi connectivity index (χ0) is 33.8. The summed E-state index contributed by atoms with van der Waals surface area (Å²) in [6.07, 6.45) is 1.74. The van der Waals surface area contributed by atoms with Gasteiger partial charge in [0.15, 0.2) is 5.82 Å². The molecule has 2 atom stereocenters. The fourth-order valence-electron chi connectivity index (χ4n) is 5.46. The van der Waals surface area contributed by atoms with Crippen molar-refractivity contribution in [2.24, 2.45) is 0 Å². The Morgan fingerprint density at radius 3 is 2.28 bits per heavy atom. The molecule has 2 unspecified atom stereocenters. The fourth-order valence-corrected chi connectivity index (χ4v) is 7.23. The van der Waals surface area contributed by atoms with Crippen LogP contribution in [0.3, 0.4) is 0 Å². The van der Waals surface area contributed by atoms with Gasteiger partial charge in [0.25, 0.3) is 5.91 Å². The molecule has 258 valence electrons. The number of ether oxygens (including phenoxy) is 2. The molecule has 2 saturated heterocycles. The summed E-state index contributed by atoms with van der Waals surface area (Å²) in [5.74, 6) is -0.183. The zero-order valence-electron chi connectivity index (χ0n) is 27.8.